The number of anilines is 1. The largest absolute Gasteiger partial charge is 0.497 e. The van der Waals surface area contributed by atoms with E-state index in [0.717, 1.165) is 11.4 Å². The van der Waals surface area contributed by atoms with Crippen molar-refractivity contribution in [2.75, 3.05) is 37.6 Å². The first kappa shape index (κ1) is 14.8. The molecule has 0 spiro atoms. The molecule has 0 aromatic heterocycles. The van der Waals surface area contributed by atoms with Crippen LogP contribution in [0, 0.1) is 0 Å². The molecule has 0 bridgehead atoms. The minimum absolute atomic E-state index is 0.0435. The van der Waals surface area contributed by atoms with Gasteiger partial charge in [-0.2, -0.15) is 0 Å². The Morgan fingerprint density at radius 2 is 2.00 bits per heavy atom. The molecule has 18 heavy (non-hydrogen) atoms. The third-order valence-electron chi connectivity index (χ3n) is 2.46. The summed E-state index contributed by atoms with van der Waals surface area (Å²) in [5.41, 5.74) is 0.793. The monoisotopic (exact) mass is 271 g/mol. The number of methoxy groups -OCH3 is 1. The molecule has 1 aromatic rings. The molecule has 0 radical (unpaired) electrons. The van der Waals surface area contributed by atoms with E-state index < -0.39 is 0 Å². The lowest BCUT2D eigenvalue weighted by molar-refractivity contribution is -0.116. The smallest absolute Gasteiger partial charge is 0.241 e. The van der Waals surface area contributed by atoms with E-state index in [-0.39, 0.29) is 11.8 Å². The minimum atomic E-state index is -0.137. The summed E-state index contributed by atoms with van der Waals surface area (Å²) in [6.45, 7) is 3.53. The first-order chi connectivity index (χ1) is 8.72. The Bertz CT molecular complexity index is 367. The average molecular weight is 272 g/mol. The average Bonchev–Trinajstić information content (AvgIpc) is 2.43. The first-order valence-corrected chi connectivity index (χ1v) is 6.34. The predicted molar refractivity (Wildman–Crippen MR) is 72.6 cm³/mol. The number of carbonyl (C=O) groups is 1. The summed E-state index contributed by atoms with van der Waals surface area (Å²) in [6.07, 6.45) is 0. The zero-order valence-electron chi connectivity index (χ0n) is 10.7. The van der Waals surface area contributed by atoms with Gasteiger partial charge in [-0.15, -0.1) is 11.6 Å². The number of alkyl halides is 1. The molecule has 0 N–H and O–H groups in total. The SMILES string of the molecule is CCOCCN(C(=O)CCl)c1ccc(OC)cc1. The van der Waals surface area contributed by atoms with Gasteiger partial charge in [-0.3, -0.25) is 4.79 Å². The van der Waals surface area contributed by atoms with Crippen LogP contribution in [0.3, 0.4) is 0 Å². The topological polar surface area (TPSA) is 38.8 Å². The number of amides is 1. The van der Waals surface area contributed by atoms with E-state index in [1.807, 2.05) is 31.2 Å². The summed E-state index contributed by atoms with van der Waals surface area (Å²) >= 11 is 5.61. The number of nitrogens with zero attached hydrogens (tertiary/aromatic N) is 1. The number of hydrogen-bond donors (Lipinski definition) is 0. The van der Waals surface area contributed by atoms with Crippen LogP contribution in [0.2, 0.25) is 0 Å². The zero-order chi connectivity index (χ0) is 13.4. The molecule has 5 heteroatoms. The highest BCUT2D eigenvalue weighted by molar-refractivity contribution is 6.29. The number of rotatable bonds is 7. The van der Waals surface area contributed by atoms with Crippen molar-refractivity contribution in [1.29, 1.82) is 0 Å². The first-order valence-electron chi connectivity index (χ1n) is 5.81. The van der Waals surface area contributed by atoms with Crippen LogP contribution in [-0.4, -0.2) is 38.7 Å². The molecule has 0 fully saturated rings. The van der Waals surface area contributed by atoms with Crippen molar-refractivity contribution in [3.05, 3.63) is 24.3 Å². The number of halogens is 1. The van der Waals surface area contributed by atoms with Gasteiger partial charge in [0.1, 0.15) is 11.6 Å². The van der Waals surface area contributed by atoms with Crippen LogP contribution in [0.15, 0.2) is 24.3 Å². The summed E-state index contributed by atoms with van der Waals surface area (Å²) in [5, 5.41) is 0. The highest BCUT2D eigenvalue weighted by atomic mass is 35.5. The second kappa shape index (κ2) is 7.95. The lowest BCUT2D eigenvalue weighted by Crippen LogP contribution is -2.34. The van der Waals surface area contributed by atoms with Crippen LogP contribution in [0.25, 0.3) is 0 Å². The van der Waals surface area contributed by atoms with Crippen molar-refractivity contribution in [1.82, 2.24) is 0 Å². The molecule has 100 valence electrons. The van der Waals surface area contributed by atoms with E-state index >= 15 is 0 Å². The van der Waals surface area contributed by atoms with E-state index in [4.69, 9.17) is 21.1 Å². The summed E-state index contributed by atoms with van der Waals surface area (Å²) in [4.78, 5) is 13.4. The van der Waals surface area contributed by atoms with Crippen LogP contribution < -0.4 is 9.64 Å². The van der Waals surface area contributed by atoms with Gasteiger partial charge in [0.15, 0.2) is 0 Å². The molecule has 0 saturated heterocycles. The molecular formula is C13H18ClNO3. The molecule has 1 aromatic carbocycles. The third kappa shape index (κ3) is 4.20. The van der Waals surface area contributed by atoms with Crippen LogP contribution >= 0.6 is 11.6 Å². The number of carbonyl (C=O) groups excluding carboxylic acids is 1. The maximum Gasteiger partial charge on any atom is 0.241 e. The lowest BCUT2D eigenvalue weighted by atomic mass is 10.2. The summed E-state index contributed by atoms with van der Waals surface area (Å²) in [6, 6.07) is 7.28. The van der Waals surface area contributed by atoms with Crippen molar-refractivity contribution in [3.63, 3.8) is 0 Å². The maximum atomic E-state index is 11.8. The third-order valence-corrected chi connectivity index (χ3v) is 2.69. The van der Waals surface area contributed by atoms with Crippen LogP contribution in [-0.2, 0) is 9.53 Å². The number of ether oxygens (including phenoxy) is 2. The fourth-order valence-corrected chi connectivity index (χ4v) is 1.68. The van der Waals surface area contributed by atoms with Crippen molar-refractivity contribution >= 4 is 23.2 Å². The van der Waals surface area contributed by atoms with Gasteiger partial charge in [0, 0.05) is 18.8 Å². The molecule has 0 unspecified atom stereocenters. The Hall–Kier alpha value is -1.26. The van der Waals surface area contributed by atoms with E-state index in [9.17, 15) is 4.79 Å². The molecule has 0 aliphatic carbocycles. The van der Waals surface area contributed by atoms with Crippen molar-refractivity contribution in [3.8, 4) is 5.75 Å². The number of hydrogen-bond acceptors (Lipinski definition) is 3. The normalized spacial score (nSPS) is 10.2. The van der Waals surface area contributed by atoms with E-state index in [2.05, 4.69) is 0 Å². The van der Waals surface area contributed by atoms with Crippen LogP contribution in [0.1, 0.15) is 6.92 Å². The van der Waals surface area contributed by atoms with Gasteiger partial charge in [-0.25, -0.2) is 0 Å². The van der Waals surface area contributed by atoms with Gasteiger partial charge in [0.2, 0.25) is 5.91 Å². The Kier molecular flexibility index (Phi) is 6.54. The molecule has 0 atom stereocenters. The highest BCUT2D eigenvalue weighted by Gasteiger charge is 2.14. The molecule has 0 aliphatic rings. The quantitative estimate of drug-likeness (QED) is 0.564. The fourth-order valence-electron chi connectivity index (χ4n) is 1.53. The summed E-state index contributed by atoms with van der Waals surface area (Å²) in [5.74, 6) is 0.571. The van der Waals surface area contributed by atoms with Gasteiger partial charge in [-0.1, -0.05) is 0 Å². The standard InChI is InChI=1S/C13H18ClNO3/c1-3-18-9-8-15(13(16)10-14)11-4-6-12(17-2)7-5-11/h4-7H,3,8-10H2,1-2H3. The van der Waals surface area contributed by atoms with Gasteiger partial charge < -0.3 is 14.4 Å². The Labute approximate surface area is 112 Å². The molecule has 4 nitrogen and oxygen atoms in total. The maximum absolute atomic E-state index is 11.8. The minimum Gasteiger partial charge on any atom is -0.497 e. The molecule has 0 saturated carbocycles. The molecular weight excluding hydrogens is 254 g/mol. The van der Waals surface area contributed by atoms with Gasteiger partial charge in [-0.05, 0) is 31.2 Å². The Morgan fingerprint density at radius 3 is 2.50 bits per heavy atom. The molecule has 0 aliphatic heterocycles. The lowest BCUT2D eigenvalue weighted by Gasteiger charge is -2.22. The van der Waals surface area contributed by atoms with Gasteiger partial charge in [0.05, 0.1) is 13.7 Å². The Morgan fingerprint density at radius 1 is 1.33 bits per heavy atom. The zero-order valence-corrected chi connectivity index (χ0v) is 11.4. The van der Waals surface area contributed by atoms with Gasteiger partial charge >= 0.3 is 0 Å². The summed E-state index contributed by atoms with van der Waals surface area (Å²) in [7, 11) is 1.60. The molecule has 1 amide bonds. The highest BCUT2D eigenvalue weighted by Crippen LogP contribution is 2.19. The van der Waals surface area contributed by atoms with Gasteiger partial charge in [0.25, 0.3) is 0 Å². The van der Waals surface area contributed by atoms with Crippen molar-refractivity contribution in [2.45, 2.75) is 6.92 Å². The van der Waals surface area contributed by atoms with Crippen LogP contribution in [0.4, 0.5) is 5.69 Å². The molecule has 1 rings (SSSR count). The summed E-state index contributed by atoms with van der Waals surface area (Å²) < 4.78 is 10.3. The Balaban J connectivity index is 2.76. The second-order valence-corrected chi connectivity index (χ2v) is 3.84. The fraction of sp³-hybridized carbons (Fsp3) is 0.462. The van der Waals surface area contributed by atoms with E-state index in [1.54, 1.807) is 12.0 Å². The van der Waals surface area contributed by atoms with E-state index in [1.165, 1.54) is 0 Å². The second-order valence-electron chi connectivity index (χ2n) is 3.57. The van der Waals surface area contributed by atoms with Crippen molar-refractivity contribution < 1.29 is 14.3 Å². The van der Waals surface area contributed by atoms with Crippen LogP contribution in [0.5, 0.6) is 5.75 Å². The van der Waals surface area contributed by atoms with E-state index in [0.29, 0.717) is 19.8 Å². The number of benzene rings is 1. The predicted octanol–water partition coefficient (Wildman–Crippen LogP) is 2.30. The molecule has 0 heterocycles. The van der Waals surface area contributed by atoms with Crippen molar-refractivity contribution in [2.24, 2.45) is 0 Å².